The Kier molecular flexibility index (Phi) is 3.39. The Morgan fingerprint density at radius 2 is 1.84 bits per heavy atom. The molecule has 0 atom stereocenters. The molecule has 2 aromatic rings. The zero-order valence-corrected chi connectivity index (χ0v) is 9.63. The van der Waals surface area contributed by atoms with Crippen molar-refractivity contribution in [1.29, 1.82) is 5.26 Å². The van der Waals surface area contributed by atoms with Crippen LogP contribution in [-0.4, -0.2) is 4.92 Å². The van der Waals surface area contributed by atoms with Gasteiger partial charge in [0.05, 0.1) is 22.6 Å². The highest BCUT2D eigenvalue weighted by atomic mass is 19.1. The summed E-state index contributed by atoms with van der Waals surface area (Å²) < 4.78 is 13.2. The lowest BCUT2D eigenvalue weighted by atomic mass is 10.2. The molecule has 0 saturated heterocycles. The summed E-state index contributed by atoms with van der Waals surface area (Å²) in [6.45, 7) is 0. The summed E-state index contributed by atoms with van der Waals surface area (Å²) in [7, 11) is 0. The van der Waals surface area contributed by atoms with Gasteiger partial charge in [-0.15, -0.1) is 0 Å². The maximum Gasteiger partial charge on any atom is 0.274 e. The molecule has 2 aromatic carbocycles. The Morgan fingerprint density at radius 1 is 1.16 bits per heavy atom. The number of halogens is 1. The van der Waals surface area contributed by atoms with Gasteiger partial charge in [0, 0.05) is 17.4 Å². The predicted molar refractivity (Wildman–Crippen MR) is 67.5 cm³/mol. The van der Waals surface area contributed by atoms with E-state index in [0.717, 1.165) is 12.1 Å². The molecule has 1 N–H and O–H groups in total. The van der Waals surface area contributed by atoms with Crippen LogP contribution in [-0.2, 0) is 0 Å². The number of benzene rings is 2. The monoisotopic (exact) mass is 257 g/mol. The number of rotatable bonds is 3. The van der Waals surface area contributed by atoms with E-state index in [-0.39, 0.29) is 11.4 Å². The summed E-state index contributed by atoms with van der Waals surface area (Å²) in [4.78, 5) is 9.96. The van der Waals surface area contributed by atoms with Crippen LogP contribution in [0.25, 0.3) is 0 Å². The molecule has 0 aliphatic carbocycles. The quantitative estimate of drug-likeness (QED) is 0.675. The van der Waals surface area contributed by atoms with E-state index in [4.69, 9.17) is 5.26 Å². The van der Waals surface area contributed by atoms with Gasteiger partial charge in [-0.25, -0.2) is 4.39 Å². The Morgan fingerprint density at radius 3 is 2.42 bits per heavy atom. The largest absolute Gasteiger partial charge is 0.355 e. The molecule has 0 heterocycles. The Bertz CT molecular complexity index is 663. The normalized spacial score (nSPS) is 9.68. The van der Waals surface area contributed by atoms with E-state index in [1.54, 1.807) is 24.3 Å². The average Bonchev–Trinajstić information content (AvgIpc) is 2.39. The molecule has 94 valence electrons. The molecule has 0 unspecified atom stereocenters. The zero-order valence-electron chi connectivity index (χ0n) is 9.63. The lowest BCUT2D eigenvalue weighted by Gasteiger charge is -2.06. The number of nitro benzene ring substituents is 1. The van der Waals surface area contributed by atoms with Crippen molar-refractivity contribution in [3.8, 4) is 6.07 Å². The summed E-state index contributed by atoms with van der Waals surface area (Å²) in [5, 5.41) is 22.1. The molecular weight excluding hydrogens is 249 g/mol. The topological polar surface area (TPSA) is 79.0 Å². The van der Waals surface area contributed by atoms with Gasteiger partial charge in [0.15, 0.2) is 0 Å². The molecule has 0 aliphatic rings. The number of hydrogen-bond acceptors (Lipinski definition) is 4. The minimum Gasteiger partial charge on any atom is -0.355 e. The molecule has 0 bridgehead atoms. The van der Waals surface area contributed by atoms with E-state index in [9.17, 15) is 14.5 Å². The molecule has 0 fully saturated rings. The van der Waals surface area contributed by atoms with Crippen molar-refractivity contribution in [3.63, 3.8) is 0 Å². The maximum absolute atomic E-state index is 13.2. The van der Waals surface area contributed by atoms with Crippen molar-refractivity contribution in [3.05, 3.63) is 64.0 Å². The molecule has 0 aliphatic heterocycles. The van der Waals surface area contributed by atoms with E-state index in [2.05, 4.69) is 5.32 Å². The fourth-order valence-electron chi connectivity index (χ4n) is 1.55. The average molecular weight is 257 g/mol. The van der Waals surface area contributed by atoms with Crippen molar-refractivity contribution in [2.75, 3.05) is 5.32 Å². The van der Waals surface area contributed by atoms with Gasteiger partial charge >= 0.3 is 0 Å². The first kappa shape index (κ1) is 12.5. The van der Waals surface area contributed by atoms with Gasteiger partial charge in [-0.05, 0) is 30.3 Å². The minimum absolute atomic E-state index is 0.274. The molecule has 5 nitrogen and oxygen atoms in total. The predicted octanol–water partition coefficient (Wildman–Crippen LogP) is 3.35. The molecule has 19 heavy (non-hydrogen) atoms. The van der Waals surface area contributed by atoms with Crippen molar-refractivity contribution in [2.45, 2.75) is 0 Å². The number of anilines is 2. The summed E-state index contributed by atoms with van der Waals surface area (Å²) in [6, 6.07) is 11.7. The number of nitro groups is 1. The van der Waals surface area contributed by atoms with Crippen LogP contribution in [0.15, 0.2) is 42.5 Å². The fraction of sp³-hybridized carbons (Fsp3) is 0. The van der Waals surface area contributed by atoms with Gasteiger partial charge in [-0.2, -0.15) is 5.26 Å². The number of nitrogens with zero attached hydrogens (tertiary/aromatic N) is 2. The van der Waals surface area contributed by atoms with Gasteiger partial charge in [-0.3, -0.25) is 10.1 Å². The summed E-state index contributed by atoms with van der Waals surface area (Å²) in [5.41, 5.74) is 1.06. The maximum atomic E-state index is 13.2. The molecule has 0 amide bonds. The van der Waals surface area contributed by atoms with E-state index in [1.807, 2.05) is 6.07 Å². The highest BCUT2D eigenvalue weighted by Gasteiger charge is 2.09. The Labute approximate surface area is 108 Å². The van der Waals surface area contributed by atoms with E-state index >= 15 is 0 Å². The van der Waals surface area contributed by atoms with Crippen molar-refractivity contribution in [2.24, 2.45) is 0 Å². The van der Waals surface area contributed by atoms with Crippen LogP contribution in [0.1, 0.15) is 5.56 Å². The molecule has 6 heteroatoms. The third-order valence-corrected chi connectivity index (χ3v) is 2.40. The highest BCUT2D eigenvalue weighted by molar-refractivity contribution is 5.63. The summed E-state index contributed by atoms with van der Waals surface area (Å²) >= 11 is 0. The summed E-state index contributed by atoms with van der Waals surface area (Å²) in [5.74, 6) is -0.689. The SMILES string of the molecule is N#Cc1ccc(Nc2cc(F)cc([N+](=O)[O-])c2)cc1. The standard InChI is InChI=1S/C13H8FN3O2/c14-10-5-12(7-13(6-10)17(18)19)16-11-3-1-9(8-15)2-4-11/h1-7,16H. The van der Waals surface area contributed by atoms with Crippen LogP contribution >= 0.6 is 0 Å². The number of hydrogen-bond donors (Lipinski definition) is 1. The van der Waals surface area contributed by atoms with Gasteiger partial charge in [-0.1, -0.05) is 0 Å². The number of nitriles is 1. The first-order chi connectivity index (χ1) is 9.08. The van der Waals surface area contributed by atoms with Crippen molar-refractivity contribution >= 4 is 17.1 Å². The van der Waals surface area contributed by atoms with Gasteiger partial charge < -0.3 is 5.32 Å². The van der Waals surface area contributed by atoms with E-state index in [0.29, 0.717) is 11.3 Å². The van der Waals surface area contributed by atoms with Crippen LogP contribution in [0.4, 0.5) is 21.5 Å². The van der Waals surface area contributed by atoms with Crippen molar-refractivity contribution < 1.29 is 9.31 Å². The van der Waals surface area contributed by atoms with Crippen LogP contribution in [0.3, 0.4) is 0 Å². The lowest BCUT2D eigenvalue weighted by Crippen LogP contribution is -1.94. The number of nitrogens with one attached hydrogen (secondary N) is 1. The molecule has 0 spiro atoms. The fourth-order valence-corrected chi connectivity index (χ4v) is 1.55. The van der Waals surface area contributed by atoms with Gasteiger partial charge in [0.1, 0.15) is 5.82 Å². The minimum atomic E-state index is -0.689. The molecule has 2 rings (SSSR count). The lowest BCUT2D eigenvalue weighted by molar-refractivity contribution is -0.385. The second-order valence-electron chi connectivity index (χ2n) is 3.77. The highest BCUT2D eigenvalue weighted by Crippen LogP contribution is 2.23. The number of non-ortho nitro benzene ring substituents is 1. The van der Waals surface area contributed by atoms with Crippen LogP contribution in [0.2, 0.25) is 0 Å². The second-order valence-corrected chi connectivity index (χ2v) is 3.77. The third-order valence-electron chi connectivity index (χ3n) is 2.40. The molecule has 0 radical (unpaired) electrons. The zero-order chi connectivity index (χ0) is 13.8. The molecular formula is C13H8FN3O2. The van der Waals surface area contributed by atoms with Crippen LogP contribution < -0.4 is 5.32 Å². The molecule has 0 saturated carbocycles. The summed E-state index contributed by atoms with van der Waals surface area (Å²) in [6.07, 6.45) is 0. The van der Waals surface area contributed by atoms with Gasteiger partial charge in [0.2, 0.25) is 0 Å². The second kappa shape index (κ2) is 5.14. The van der Waals surface area contributed by atoms with Crippen LogP contribution in [0, 0.1) is 27.3 Å². The first-order valence-electron chi connectivity index (χ1n) is 5.30. The van der Waals surface area contributed by atoms with E-state index < -0.39 is 10.7 Å². The molecule has 0 aromatic heterocycles. The smallest absolute Gasteiger partial charge is 0.274 e. The van der Waals surface area contributed by atoms with Crippen molar-refractivity contribution in [1.82, 2.24) is 0 Å². The Hall–Kier alpha value is -2.94. The van der Waals surface area contributed by atoms with Gasteiger partial charge in [0.25, 0.3) is 5.69 Å². The van der Waals surface area contributed by atoms with Crippen LogP contribution in [0.5, 0.6) is 0 Å². The first-order valence-corrected chi connectivity index (χ1v) is 5.30. The van der Waals surface area contributed by atoms with E-state index in [1.165, 1.54) is 6.07 Å². The third kappa shape index (κ3) is 3.04. The Balaban J connectivity index is 2.27.